The van der Waals surface area contributed by atoms with Crippen molar-refractivity contribution in [3.63, 3.8) is 0 Å². The Morgan fingerprint density at radius 2 is 1.80 bits per heavy atom. The molecule has 0 fully saturated rings. The summed E-state index contributed by atoms with van der Waals surface area (Å²) in [7, 11) is 0. The fraction of sp³-hybridized carbons (Fsp3) is 0.938. The van der Waals surface area contributed by atoms with E-state index in [1.807, 2.05) is 6.92 Å². The number of hydrogen-bond acceptors (Lipinski definition) is 4. The Morgan fingerprint density at radius 1 is 1.20 bits per heavy atom. The van der Waals surface area contributed by atoms with E-state index in [0.29, 0.717) is 13.0 Å². The predicted molar refractivity (Wildman–Crippen MR) is 80.5 cm³/mol. The third-order valence-corrected chi connectivity index (χ3v) is 2.79. The molecule has 0 rings (SSSR count). The largest absolute Gasteiger partial charge is 0.457 e. The lowest BCUT2D eigenvalue weighted by molar-refractivity contribution is -0.157. The minimum absolute atomic E-state index is 0.111. The van der Waals surface area contributed by atoms with E-state index in [0.717, 1.165) is 12.8 Å². The molecule has 0 radical (unpaired) electrons. The lowest BCUT2D eigenvalue weighted by Crippen LogP contribution is -2.31. The fourth-order valence-electron chi connectivity index (χ4n) is 2.60. The summed E-state index contributed by atoms with van der Waals surface area (Å²) in [4.78, 5) is 12.0. The summed E-state index contributed by atoms with van der Waals surface area (Å²) in [6.07, 6.45) is 1.64. The number of carbonyl (C=O) groups excluding carboxylic acids is 1. The van der Waals surface area contributed by atoms with Gasteiger partial charge in [-0.2, -0.15) is 0 Å². The third-order valence-electron chi connectivity index (χ3n) is 2.79. The van der Waals surface area contributed by atoms with Crippen LogP contribution in [-0.4, -0.2) is 37.0 Å². The van der Waals surface area contributed by atoms with Gasteiger partial charge in [0.25, 0.3) is 0 Å². The van der Waals surface area contributed by atoms with Crippen LogP contribution in [0, 0.1) is 10.8 Å². The average molecular weight is 288 g/mol. The number of rotatable bonds is 9. The van der Waals surface area contributed by atoms with Gasteiger partial charge in [0.2, 0.25) is 0 Å². The Morgan fingerprint density at radius 3 is 2.25 bits per heavy atom. The second kappa shape index (κ2) is 8.63. The van der Waals surface area contributed by atoms with E-state index in [4.69, 9.17) is 9.47 Å². The van der Waals surface area contributed by atoms with E-state index < -0.39 is 6.10 Å². The van der Waals surface area contributed by atoms with Crippen molar-refractivity contribution in [2.24, 2.45) is 10.8 Å². The maximum Gasteiger partial charge on any atom is 0.306 e. The number of aliphatic hydroxyl groups excluding tert-OH is 1. The molecule has 0 heterocycles. The SMILES string of the molecule is CCCOCC(CO)OC(=O)CC(C)(C)CC(C)(C)C. The zero-order chi connectivity index (χ0) is 15.8. The van der Waals surface area contributed by atoms with Crippen molar-refractivity contribution in [2.75, 3.05) is 19.8 Å². The highest BCUT2D eigenvalue weighted by Gasteiger charge is 2.29. The van der Waals surface area contributed by atoms with Crippen LogP contribution in [0.15, 0.2) is 0 Å². The van der Waals surface area contributed by atoms with Gasteiger partial charge < -0.3 is 14.6 Å². The van der Waals surface area contributed by atoms with E-state index in [9.17, 15) is 9.90 Å². The molecule has 1 N–H and O–H groups in total. The highest BCUT2D eigenvalue weighted by molar-refractivity contribution is 5.70. The van der Waals surface area contributed by atoms with Gasteiger partial charge in [-0.1, -0.05) is 41.5 Å². The molecule has 20 heavy (non-hydrogen) atoms. The first kappa shape index (κ1) is 19.4. The van der Waals surface area contributed by atoms with Crippen molar-refractivity contribution in [3.05, 3.63) is 0 Å². The maximum atomic E-state index is 12.0. The number of ether oxygens (including phenoxy) is 2. The Labute approximate surface area is 123 Å². The zero-order valence-corrected chi connectivity index (χ0v) is 14.0. The first-order valence-corrected chi connectivity index (χ1v) is 7.48. The summed E-state index contributed by atoms with van der Waals surface area (Å²) in [5.74, 6) is -0.265. The minimum atomic E-state index is -0.556. The van der Waals surface area contributed by atoms with Crippen molar-refractivity contribution in [3.8, 4) is 0 Å². The van der Waals surface area contributed by atoms with Gasteiger partial charge in [0.05, 0.1) is 19.6 Å². The van der Waals surface area contributed by atoms with E-state index in [1.165, 1.54) is 0 Å². The van der Waals surface area contributed by atoms with E-state index in [-0.39, 0.29) is 30.0 Å². The van der Waals surface area contributed by atoms with Crippen LogP contribution in [-0.2, 0) is 14.3 Å². The number of aliphatic hydroxyl groups is 1. The van der Waals surface area contributed by atoms with E-state index in [1.54, 1.807) is 0 Å². The van der Waals surface area contributed by atoms with Crippen LogP contribution in [0.4, 0.5) is 0 Å². The maximum absolute atomic E-state index is 12.0. The monoisotopic (exact) mass is 288 g/mol. The van der Waals surface area contributed by atoms with E-state index in [2.05, 4.69) is 34.6 Å². The highest BCUT2D eigenvalue weighted by Crippen LogP contribution is 2.35. The minimum Gasteiger partial charge on any atom is -0.457 e. The molecule has 0 aromatic carbocycles. The molecule has 0 bridgehead atoms. The summed E-state index contributed by atoms with van der Waals surface area (Å²) < 4.78 is 10.6. The highest BCUT2D eigenvalue weighted by atomic mass is 16.6. The standard InChI is InChI=1S/C16H32O4/c1-7-8-19-11-13(10-17)20-14(18)9-16(5,6)12-15(2,3)4/h13,17H,7-12H2,1-6H3. The van der Waals surface area contributed by atoms with Crippen LogP contribution >= 0.6 is 0 Å². The molecule has 0 saturated heterocycles. The van der Waals surface area contributed by atoms with Crippen LogP contribution in [0.1, 0.15) is 60.8 Å². The lowest BCUT2D eigenvalue weighted by atomic mass is 9.74. The van der Waals surface area contributed by atoms with Crippen LogP contribution in [0.25, 0.3) is 0 Å². The number of esters is 1. The van der Waals surface area contributed by atoms with Gasteiger partial charge in [-0.25, -0.2) is 0 Å². The Hall–Kier alpha value is -0.610. The number of hydrogen-bond donors (Lipinski definition) is 1. The normalized spacial score (nSPS) is 14.2. The summed E-state index contributed by atoms with van der Waals surface area (Å²) in [6, 6.07) is 0. The van der Waals surface area contributed by atoms with Crippen molar-refractivity contribution in [2.45, 2.75) is 66.9 Å². The Bertz CT molecular complexity index is 279. The molecule has 0 saturated carbocycles. The average Bonchev–Trinajstić information content (AvgIpc) is 2.23. The molecule has 120 valence electrons. The van der Waals surface area contributed by atoms with Crippen molar-refractivity contribution < 1.29 is 19.4 Å². The van der Waals surface area contributed by atoms with Crippen LogP contribution in [0.2, 0.25) is 0 Å². The van der Waals surface area contributed by atoms with Crippen LogP contribution < -0.4 is 0 Å². The van der Waals surface area contributed by atoms with Gasteiger partial charge >= 0.3 is 5.97 Å². The summed E-state index contributed by atoms with van der Waals surface area (Å²) in [6.45, 7) is 13.3. The molecule has 0 aromatic rings. The molecule has 0 aromatic heterocycles. The predicted octanol–water partition coefficient (Wildman–Crippen LogP) is 3.17. The first-order valence-electron chi connectivity index (χ1n) is 7.48. The van der Waals surface area contributed by atoms with Gasteiger partial charge in [-0.05, 0) is 23.7 Å². The molecule has 4 nitrogen and oxygen atoms in total. The van der Waals surface area contributed by atoms with Gasteiger partial charge in [-0.15, -0.1) is 0 Å². The molecule has 1 atom stereocenters. The Kier molecular flexibility index (Phi) is 8.36. The van der Waals surface area contributed by atoms with E-state index >= 15 is 0 Å². The molecule has 0 aliphatic carbocycles. The second-order valence-electron chi connectivity index (χ2n) is 7.45. The molecule has 0 amide bonds. The molecule has 0 spiro atoms. The van der Waals surface area contributed by atoms with Crippen molar-refractivity contribution in [1.29, 1.82) is 0 Å². The molecule has 0 aliphatic heterocycles. The quantitative estimate of drug-likeness (QED) is 0.523. The van der Waals surface area contributed by atoms with Gasteiger partial charge in [0, 0.05) is 6.61 Å². The zero-order valence-electron chi connectivity index (χ0n) is 14.0. The van der Waals surface area contributed by atoms with Gasteiger partial charge in [-0.3, -0.25) is 4.79 Å². The molecular formula is C16H32O4. The molecule has 0 aliphatic rings. The summed E-state index contributed by atoms with van der Waals surface area (Å²) in [5, 5.41) is 9.20. The van der Waals surface area contributed by atoms with Crippen LogP contribution in [0.5, 0.6) is 0 Å². The molecule has 4 heteroatoms. The van der Waals surface area contributed by atoms with Gasteiger partial charge in [0.15, 0.2) is 0 Å². The topological polar surface area (TPSA) is 55.8 Å². The molecular weight excluding hydrogens is 256 g/mol. The van der Waals surface area contributed by atoms with Gasteiger partial charge in [0.1, 0.15) is 6.10 Å². The summed E-state index contributed by atoms with van der Waals surface area (Å²) >= 11 is 0. The summed E-state index contributed by atoms with van der Waals surface area (Å²) in [5.41, 5.74) is 0.0595. The van der Waals surface area contributed by atoms with Crippen molar-refractivity contribution >= 4 is 5.97 Å². The molecule has 1 unspecified atom stereocenters. The fourth-order valence-corrected chi connectivity index (χ4v) is 2.60. The van der Waals surface area contributed by atoms with Crippen LogP contribution in [0.3, 0.4) is 0 Å². The smallest absolute Gasteiger partial charge is 0.306 e. The van der Waals surface area contributed by atoms with Crippen molar-refractivity contribution in [1.82, 2.24) is 0 Å². The Balaban J connectivity index is 4.24. The third kappa shape index (κ3) is 10.2. The lowest BCUT2D eigenvalue weighted by Gasteiger charge is -2.32. The second-order valence-corrected chi connectivity index (χ2v) is 7.45. The number of carbonyl (C=O) groups is 1. The first-order chi connectivity index (χ1) is 9.09.